The maximum absolute atomic E-state index is 11.4. The third kappa shape index (κ3) is 1.40. The van der Waals surface area contributed by atoms with Gasteiger partial charge in [0.15, 0.2) is 0 Å². The highest BCUT2D eigenvalue weighted by Gasteiger charge is 2.19. The highest BCUT2D eigenvalue weighted by atomic mass is 16.1. The Morgan fingerprint density at radius 3 is 3.07 bits per heavy atom. The van der Waals surface area contributed by atoms with Crippen LogP contribution < -0.4 is 11.1 Å². The summed E-state index contributed by atoms with van der Waals surface area (Å²) < 4.78 is 0. The summed E-state index contributed by atoms with van der Waals surface area (Å²) in [6.45, 7) is 0. The molecule has 0 spiro atoms. The van der Waals surface area contributed by atoms with Crippen molar-refractivity contribution in [3.8, 4) is 0 Å². The third-order valence-electron chi connectivity index (χ3n) is 2.76. The lowest BCUT2D eigenvalue weighted by molar-refractivity contribution is 0.0963. The van der Waals surface area contributed by atoms with E-state index < -0.39 is 0 Å². The number of rotatable bonds is 1. The zero-order chi connectivity index (χ0) is 10.1. The van der Waals surface area contributed by atoms with E-state index in [1.807, 2.05) is 18.2 Å². The van der Waals surface area contributed by atoms with Crippen molar-refractivity contribution in [1.29, 1.82) is 0 Å². The van der Waals surface area contributed by atoms with Crippen LogP contribution in [-0.2, 0) is 6.42 Å². The molecule has 0 saturated heterocycles. The van der Waals surface area contributed by atoms with Gasteiger partial charge in [0.05, 0.1) is 0 Å². The molecule has 1 aromatic carbocycles. The molecule has 1 unspecified atom stereocenters. The lowest BCUT2D eigenvalue weighted by atomic mass is 10.0. The average molecular weight is 190 g/mol. The van der Waals surface area contributed by atoms with Crippen LogP contribution in [0.4, 0.5) is 0 Å². The lowest BCUT2D eigenvalue weighted by Gasteiger charge is -2.06. The zero-order valence-electron chi connectivity index (χ0n) is 8.21. The zero-order valence-corrected chi connectivity index (χ0v) is 8.21. The highest BCUT2D eigenvalue weighted by molar-refractivity contribution is 5.94. The maximum Gasteiger partial charge on any atom is 0.251 e. The molecular formula is C11H14N2O. The summed E-state index contributed by atoms with van der Waals surface area (Å²) in [5.41, 5.74) is 9.04. The van der Waals surface area contributed by atoms with E-state index in [9.17, 15) is 4.79 Å². The van der Waals surface area contributed by atoms with Gasteiger partial charge in [-0.15, -0.1) is 0 Å². The van der Waals surface area contributed by atoms with Gasteiger partial charge in [-0.25, -0.2) is 0 Å². The van der Waals surface area contributed by atoms with Crippen LogP contribution in [0.5, 0.6) is 0 Å². The maximum atomic E-state index is 11.4. The van der Waals surface area contributed by atoms with Crippen LogP contribution in [0.25, 0.3) is 0 Å². The minimum atomic E-state index is -0.0492. The molecule has 1 aliphatic carbocycles. The van der Waals surface area contributed by atoms with E-state index in [1.54, 1.807) is 7.05 Å². The summed E-state index contributed by atoms with van der Waals surface area (Å²) in [5.74, 6) is -0.0492. The first-order valence-electron chi connectivity index (χ1n) is 4.83. The number of hydrogen-bond donors (Lipinski definition) is 2. The second-order valence-corrected chi connectivity index (χ2v) is 3.64. The minimum Gasteiger partial charge on any atom is -0.355 e. The van der Waals surface area contributed by atoms with Crippen LogP contribution in [0.15, 0.2) is 18.2 Å². The summed E-state index contributed by atoms with van der Waals surface area (Å²) in [6, 6.07) is 5.88. The van der Waals surface area contributed by atoms with E-state index in [0.29, 0.717) is 5.56 Å². The van der Waals surface area contributed by atoms with Crippen molar-refractivity contribution in [3.05, 3.63) is 34.9 Å². The van der Waals surface area contributed by atoms with E-state index >= 15 is 0 Å². The van der Waals surface area contributed by atoms with Crippen molar-refractivity contribution in [2.24, 2.45) is 5.73 Å². The van der Waals surface area contributed by atoms with Gasteiger partial charge in [-0.1, -0.05) is 6.07 Å². The van der Waals surface area contributed by atoms with E-state index in [1.165, 1.54) is 5.56 Å². The molecule has 74 valence electrons. The van der Waals surface area contributed by atoms with Gasteiger partial charge >= 0.3 is 0 Å². The van der Waals surface area contributed by atoms with Crippen molar-refractivity contribution in [1.82, 2.24) is 5.32 Å². The van der Waals surface area contributed by atoms with Gasteiger partial charge in [0.2, 0.25) is 0 Å². The van der Waals surface area contributed by atoms with Crippen LogP contribution in [0.1, 0.15) is 33.9 Å². The van der Waals surface area contributed by atoms with Gasteiger partial charge in [0, 0.05) is 18.7 Å². The number of nitrogens with one attached hydrogen (secondary N) is 1. The molecule has 1 aromatic rings. The Labute approximate surface area is 83.3 Å². The summed E-state index contributed by atoms with van der Waals surface area (Å²) in [6.07, 6.45) is 2.02. The Hall–Kier alpha value is -1.35. The number of nitrogens with two attached hydrogens (primary N) is 1. The molecule has 0 radical (unpaired) electrons. The lowest BCUT2D eigenvalue weighted by Crippen LogP contribution is -2.18. The second kappa shape index (κ2) is 3.42. The number of fused-ring (bicyclic) bond motifs is 1. The van der Waals surface area contributed by atoms with E-state index in [2.05, 4.69) is 5.32 Å². The van der Waals surface area contributed by atoms with Gasteiger partial charge in [0.1, 0.15) is 0 Å². The Bertz CT molecular complexity index is 374. The number of hydrogen-bond acceptors (Lipinski definition) is 2. The molecule has 0 saturated carbocycles. The molecule has 3 nitrogen and oxygen atoms in total. The number of amides is 1. The molecule has 1 amide bonds. The standard InChI is InChI=1S/C11H14N2O/c1-13-11(14)8-3-2-7-4-5-10(12)9(7)6-8/h2-3,6,10H,4-5,12H2,1H3,(H,13,14). The van der Waals surface area contributed by atoms with Gasteiger partial charge in [-0.3, -0.25) is 4.79 Å². The normalized spacial score (nSPS) is 19.1. The van der Waals surface area contributed by atoms with Crippen molar-refractivity contribution in [3.63, 3.8) is 0 Å². The molecular weight excluding hydrogens is 176 g/mol. The molecule has 14 heavy (non-hydrogen) atoms. The van der Waals surface area contributed by atoms with Gasteiger partial charge in [-0.05, 0) is 36.1 Å². The van der Waals surface area contributed by atoms with Crippen LogP contribution in [0.2, 0.25) is 0 Å². The molecule has 3 heteroatoms. The first-order valence-corrected chi connectivity index (χ1v) is 4.83. The Balaban J connectivity index is 2.39. The number of aryl methyl sites for hydroxylation is 1. The third-order valence-corrected chi connectivity index (χ3v) is 2.76. The number of carbonyl (C=O) groups excluding carboxylic acids is 1. The molecule has 0 aliphatic heterocycles. The molecule has 0 bridgehead atoms. The fourth-order valence-electron chi connectivity index (χ4n) is 1.92. The fraction of sp³-hybridized carbons (Fsp3) is 0.364. The number of benzene rings is 1. The summed E-state index contributed by atoms with van der Waals surface area (Å²) >= 11 is 0. The van der Waals surface area contributed by atoms with Crippen molar-refractivity contribution < 1.29 is 4.79 Å². The van der Waals surface area contributed by atoms with E-state index in [4.69, 9.17) is 5.73 Å². The topological polar surface area (TPSA) is 55.1 Å². The van der Waals surface area contributed by atoms with Crippen LogP contribution in [0.3, 0.4) is 0 Å². The van der Waals surface area contributed by atoms with Crippen LogP contribution in [-0.4, -0.2) is 13.0 Å². The number of carbonyl (C=O) groups is 1. The average Bonchev–Trinajstić information content (AvgIpc) is 2.59. The van der Waals surface area contributed by atoms with E-state index in [-0.39, 0.29) is 11.9 Å². The summed E-state index contributed by atoms with van der Waals surface area (Å²) in [7, 11) is 1.63. The summed E-state index contributed by atoms with van der Waals surface area (Å²) in [5, 5.41) is 2.61. The molecule has 0 heterocycles. The molecule has 2 rings (SSSR count). The second-order valence-electron chi connectivity index (χ2n) is 3.64. The Morgan fingerprint density at radius 2 is 2.36 bits per heavy atom. The fourth-order valence-corrected chi connectivity index (χ4v) is 1.92. The predicted molar refractivity (Wildman–Crippen MR) is 55.1 cm³/mol. The monoisotopic (exact) mass is 190 g/mol. The van der Waals surface area contributed by atoms with Crippen molar-refractivity contribution >= 4 is 5.91 Å². The van der Waals surface area contributed by atoms with Crippen LogP contribution in [0, 0.1) is 0 Å². The van der Waals surface area contributed by atoms with E-state index in [0.717, 1.165) is 18.4 Å². The SMILES string of the molecule is CNC(=O)c1ccc2c(c1)C(N)CC2. The highest BCUT2D eigenvalue weighted by Crippen LogP contribution is 2.29. The molecule has 1 aliphatic rings. The minimum absolute atomic E-state index is 0.0492. The molecule has 1 atom stereocenters. The van der Waals surface area contributed by atoms with Gasteiger partial charge in [0.25, 0.3) is 5.91 Å². The molecule has 0 aromatic heterocycles. The predicted octanol–water partition coefficient (Wildman–Crippen LogP) is 0.992. The van der Waals surface area contributed by atoms with Crippen LogP contribution >= 0.6 is 0 Å². The smallest absolute Gasteiger partial charge is 0.251 e. The van der Waals surface area contributed by atoms with Crippen molar-refractivity contribution in [2.45, 2.75) is 18.9 Å². The van der Waals surface area contributed by atoms with Crippen molar-refractivity contribution in [2.75, 3.05) is 7.05 Å². The largest absolute Gasteiger partial charge is 0.355 e. The van der Waals surface area contributed by atoms with Gasteiger partial charge < -0.3 is 11.1 Å². The quantitative estimate of drug-likeness (QED) is 0.694. The Kier molecular flexibility index (Phi) is 2.25. The molecule has 3 N–H and O–H groups in total. The van der Waals surface area contributed by atoms with Gasteiger partial charge in [-0.2, -0.15) is 0 Å². The Morgan fingerprint density at radius 1 is 1.57 bits per heavy atom. The molecule has 0 fully saturated rings. The first kappa shape index (κ1) is 9.21. The first-order chi connectivity index (χ1) is 6.72. The summed E-state index contributed by atoms with van der Waals surface area (Å²) in [4.78, 5) is 11.4.